The number of hydrogen-bond donors (Lipinski definition) is 1. The highest BCUT2D eigenvalue weighted by Gasteiger charge is 2.31. The molecule has 130 valence electrons. The van der Waals surface area contributed by atoms with E-state index in [1.54, 1.807) is 28.6 Å². The van der Waals surface area contributed by atoms with Crippen molar-refractivity contribution in [3.63, 3.8) is 0 Å². The van der Waals surface area contributed by atoms with Crippen LogP contribution >= 0.6 is 11.8 Å². The molecular weight excluding hydrogens is 339 g/mol. The van der Waals surface area contributed by atoms with E-state index in [-0.39, 0.29) is 5.75 Å². The maximum Gasteiger partial charge on any atom is 0.573 e. The first-order valence-corrected chi connectivity index (χ1v) is 9.07. The molecule has 24 heavy (non-hydrogen) atoms. The van der Waals surface area contributed by atoms with Gasteiger partial charge in [0.1, 0.15) is 11.6 Å². The molecule has 2 heterocycles. The highest BCUT2D eigenvalue weighted by Crippen LogP contribution is 2.31. The third-order valence-electron chi connectivity index (χ3n) is 3.81. The molecule has 1 aliphatic rings. The summed E-state index contributed by atoms with van der Waals surface area (Å²) in [5.41, 5.74) is 2.95. The van der Waals surface area contributed by atoms with Gasteiger partial charge >= 0.3 is 6.36 Å². The Morgan fingerprint density at radius 3 is 2.67 bits per heavy atom. The summed E-state index contributed by atoms with van der Waals surface area (Å²) in [5, 5.41) is 8.07. The van der Waals surface area contributed by atoms with E-state index in [1.165, 1.54) is 17.7 Å². The Balaban J connectivity index is 1.94. The van der Waals surface area contributed by atoms with Gasteiger partial charge in [-0.15, -0.1) is 13.2 Å². The molecule has 1 N–H and O–H groups in total. The summed E-state index contributed by atoms with van der Waals surface area (Å²) in [6.45, 7) is 0.868. The van der Waals surface area contributed by atoms with Crippen molar-refractivity contribution in [1.82, 2.24) is 9.78 Å². The van der Waals surface area contributed by atoms with Gasteiger partial charge in [-0.2, -0.15) is 16.9 Å². The van der Waals surface area contributed by atoms with Gasteiger partial charge in [0.25, 0.3) is 0 Å². The lowest BCUT2D eigenvalue weighted by atomic mass is 10.1. The van der Waals surface area contributed by atoms with E-state index in [2.05, 4.69) is 15.2 Å². The average Bonchev–Trinajstić information content (AvgIpc) is 2.70. The van der Waals surface area contributed by atoms with Crippen LogP contribution in [0.3, 0.4) is 0 Å². The van der Waals surface area contributed by atoms with Gasteiger partial charge < -0.3 is 10.1 Å². The topological polar surface area (TPSA) is 39.1 Å². The van der Waals surface area contributed by atoms with Crippen LogP contribution in [0, 0.1) is 0 Å². The highest BCUT2D eigenvalue weighted by atomic mass is 32.2. The van der Waals surface area contributed by atoms with Crippen molar-refractivity contribution in [1.29, 1.82) is 0 Å². The molecule has 2 aromatic rings. The minimum Gasteiger partial charge on any atom is -0.406 e. The van der Waals surface area contributed by atoms with Crippen LogP contribution in [0.25, 0.3) is 5.69 Å². The number of anilines is 1. The molecule has 0 radical (unpaired) electrons. The van der Waals surface area contributed by atoms with Crippen molar-refractivity contribution in [2.45, 2.75) is 31.4 Å². The van der Waals surface area contributed by atoms with Crippen molar-refractivity contribution in [2.75, 3.05) is 18.1 Å². The summed E-state index contributed by atoms with van der Waals surface area (Å²) in [6, 6.07) is 5.79. The van der Waals surface area contributed by atoms with Gasteiger partial charge in [-0.1, -0.05) is 0 Å². The Labute approximate surface area is 142 Å². The SMILES string of the molecule is CSCc1nn(-c2ccc(OC(F)(F)F)cc2)c2c1CCCCN2. The lowest BCUT2D eigenvalue weighted by molar-refractivity contribution is -0.274. The van der Waals surface area contributed by atoms with Gasteiger partial charge in [0.05, 0.1) is 11.4 Å². The molecule has 0 bridgehead atoms. The van der Waals surface area contributed by atoms with Gasteiger partial charge in [0, 0.05) is 17.9 Å². The maximum absolute atomic E-state index is 12.3. The molecule has 0 atom stereocenters. The van der Waals surface area contributed by atoms with Gasteiger partial charge in [0.15, 0.2) is 0 Å². The third-order valence-corrected chi connectivity index (χ3v) is 4.37. The van der Waals surface area contributed by atoms with E-state index < -0.39 is 6.36 Å². The lowest BCUT2D eigenvalue weighted by Gasteiger charge is -2.11. The van der Waals surface area contributed by atoms with Crippen LogP contribution in [0.5, 0.6) is 5.75 Å². The summed E-state index contributed by atoms with van der Waals surface area (Å²) in [5.74, 6) is 1.52. The molecule has 4 nitrogen and oxygen atoms in total. The van der Waals surface area contributed by atoms with E-state index in [9.17, 15) is 13.2 Å². The quantitative estimate of drug-likeness (QED) is 0.881. The van der Waals surface area contributed by atoms with Gasteiger partial charge in [0.2, 0.25) is 0 Å². The fraction of sp³-hybridized carbons (Fsp3) is 0.438. The van der Waals surface area contributed by atoms with Crippen LogP contribution in [0.15, 0.2) is 24.3 Å². The lowest BCUT2D eigenvalue weighted by Crippen LogP contribution is -2.17. The number of fused-ring (bicyclic) bond motifs is 1. The van der Waals surface area contributed by atoms with Crippen molar-refractivity contribution in [3.05, 3.63) is 35.5 Å². The average molecular weight is 357 g/mol. The molecule has 0 aliphatic carbocycles. The Morgan fingerprint density at radius 2 is 2.00 bits per heavy atom. The van der Waals surface area contributed by atoms with Crippen LogP contribution in [0.2, 0.25) is 0 Å². The molecule has 0 saturated heterocycles. The van der Waals surface area contributed by atoms with Crippen molar-refractivity contribution < 1.29 is 17.9 Å². The number of ether oxygens (including phenoxy) is 1. The third kappa shape index (κ3) is 3.80. The number of benzene rings is 1. The molecule has 0 amide bonds. The zero-order valence-corrected chi connectivity index (χ0v) is 14.0. The van der Waals surface area contributed by atoms with E-state index in [1.807, 2.05) is 6.26 Å². The fourth-order valence-electron chi connectivity index (χ4n) is 2.80. The standard InChI is InChI=1S/C16H18F3N3OS/c1-24-10-14-13-4-2-3-9-20-15(13)22(21-14)11-5-7-12(8-6-11)23-16(17,18)19/h5-8,20H,2-4,9-10H2,1H3. The van der Waals surface area contributed by atoms with Crippen LogP contribution < -0.4 is 10.1 Å². The van der Waals surface area contributed by atoms with Crippen molar-refractivity contribution >= 4 is 17.6 Å². The van der Waals surface area contributed by atoms with Gasteiger partial charge in [-0.05, 0) is 49.8 Å². The minimum absolute atomic E-state index is 0.234. The number of thioether (sulfide) groups is 1. The van der Waals surface area contributed by atoms with Gasteiger partial charge in [-0.25, -0.2) is 4.68 Å². The van der Waals surface area contributed by atoms with Crippen molar-refractivity contribution in [2.24, 2.45) is 0 Å². The number of rotatable bonds is 4. The largest absolute Gasteiger partial charge is 0.573 e. The van der Waals surface area contributed by atoms with Crippen molar-refractivity contribution in [3.8, 4) is 11.4 Å². The smallest absolute Gasteiger partial charge is 0.406 e. The molecule has 1 aromatic carbocycles. The number of nitrogens with one attached hydrogen (secondary N) is 1. The number of alkyl halides is 3. The summed E-state index contributed by atoms with van der Waals surface area (Å²) in [7, 11) is 0. The number of nitrogens with zero attached hydrogens (tertiary/aromatic N) is 2. The normalized spacial score (nSPS) is 14.7. The summed E-state index contributed by atoms with van der Waals surface area (Å²) in [6.07, 6.45) is 0.501. The Kier molecular flexibility index (Phi) is 4.93. The fourth-order valence-corrected chi connectivity index (χ4v) is 3.31. The second-order valence-corrected chi connectivity index (χ2v) is 6.41. The maximum atomic E-state index is 12.3. The Bertz CT molecular complexity index is 698. The van der Waals surface area contributed by atoms with Crippen LogP contribution in [0.1, 0.15) is 24.1 Å². The zero-order chi connectivity index (χ0) is 17.2. The van der Waals surface area contributed by atoms with E-state index in [0.717, 1.165) is 43.1 Å². The Morgan fingerprint density at radius 1 is 1.25 bits per heavy atom. The summed E-state index contributed by atoms with van der Waals surface area (Å²) < 4.78 is 42.5. The summed E-state index contributed by atoms with van der Waals surface area (Å²) >= 11 is 1.70. The van der Waals surface area contributed by atoms with Gasteiger partial charge in [-0.3, -0.25) is 0 Å². The number of aromatic nitrogens is 2. The molecule has 1 aliphatic heterocycles. The van der Waals surface area contributed by atoms with Crippen LogP contribution in [-0.4, -0.2) is 28.9 Å². The molecular formula is C16H18F3N3OS. The molecule has 0 fully saturated rings. The predicted octanol–water partition coefficient (Wildman–Crippen LogP) is 4.38. The predicted molar refractivity (Wildman–Crippen MR) is 88.9 cm³/mol. The molecule has 0 unspecified atom stereocenters. The number of hydrogen-bond acceptors (Lipinski definition) is 4. The highest BCUT2D eigenvalue weighted by molar-refractivity contribution is 7.97. The first kappa shape index (κ1) is 17.0. The monoisotopic (exact) mass is 357 g/mol. The first-order valence-electron chi connectivity index (χ1n) is 7.67. The minimum atomic E-state index is -4.68. The molecule has 8 heteroatoms. The summed E-state index contributed by atoms with van der Waals surface area (Å²) in [4.78, 5) is 0. The number of halogens is 3. The first-order chi connectivity index (χ1) is 11.5. The van der Waals surface area contributed by atoms with Crippen LogP contribution in [-0.2, 0) is 12.2 Å². The van der Waals surface area contributed by atoms with E-state index in [0.29, 0.717) is 5.69 Å². The molecule has 0 saturated carbocycles. The molecule has 3 rings (SSSR count). The van der Waals surface area contributed by atoms with Crippen LogP contribution in [0.4, 0.5) is 19.0 Å². The van der Waals surface area contributed by atoms with E-state index in [4.69, 9.17) is 0 Å². The zero-order valence-electron chi connectivity index (χ0n) is 13.2. The molecule has 1 aromatic heterocycles. The Hall–Kier alpha value is -1.83. The molecule has 0 spiro atoms. The second-order valence-electron chi connectivity index (χ2n) is 5.54. The second kappa shape index (κ2) is 6.96. The van der Waals surface area contributed by atoms with E-state index >= 15 is 0 Å².